The minimum Gasteiger partial charge on any atom is -0.480 e. The number of aryl methyl sites for hydroxylation is 1. The first-order chi connectivity index (χ1) is 12.9. The fourth-order valence-corrected chi connectivity index (χ4v) is 4.30. The molecular weight excluding hydrogens is 396 g/mol. The molecule has 0 saturated carbocycles. The number of thiazole rings is 1. The molecule has 3 N–H and O–H groups in total. The standard InChI is InChI=1S/C15H16N4O6S2/c1-6-16-8(5-26-6)10(19-24-2)12(20)17-11(14(21)22)13-18-9-7(4-27-13)3-25-15(9)23/h5,11,13,18H,3-4H2,1-2H3,(H,17,20)(H,21,22)/b19-10-/t11-,13?/m0/s1. The van der Waals surface area contributed by atoms with Crippen LogP contribution in [-0.2, 0) is 24.0 Å². The molecule has 27 heavy (non-hydrogen) atoms. The van der Waals surface area contributed by atoms with Crippen molar-refractivity contribution in [1.82, 2.24) is 15.6 Å². The zero-order chi connectivity index (χ0) is 19.6. The Balaban J connectivity index is 1.78. The van der Waals surface area contributed by atoms with Gasteiger partial charge in [0.2, 0.25) is 0 Å². The maximum absolute atomic E-state index is 12.6. The molecular formula is C15H16N4O6S2. The van der Waals surface area contributed by atoms with Gasteiger partial charge in [0.1, 0.15) is 30.5 Å². The number of ether oxygens (including phenoxy) is 1. The first-order valence-corrected chi connectivity index (χ1v) is 9.68. The third-order valence-corrected chi connectivity index (χ3v) is 5.81. The van der Waals surface area contributed by atoms with E-state index in [1.807, 2.05) is 0 Å². The molecule has 1 amide bonds. The van der Waals surface area contributed by atoms with E-state index in [-0.39, 0.29) is 23.7 Å². The summed E-state index contributed by atoms with van der Waals surface area (Å²) in [6.07, 6.45) is 0. The quantitative estimate of drug-likeness (QED) is 0.330. The van der Waals surface area contributed by atoms with E-state index in [1.54, 1.807) is 12.3 Å². The molecule has 0 spiro atoms. The highest BCUT2D eigenvalue weighted by atomic mass is 32.2. The summed E-state index contributed by atoms with van der Waals surface area (Å²) in [6.45, 7) is 1.96. The second-order valence-corrected chi connectivity index (χ2v) is 7.79. The number of nitrogens with one attached hydrogen (secondary N) is 2. The number of aromatic nitrogens is 1. The summed E-state index contributed by atoms with van der Waals surface area (Å²) in [5.74, 6) is -2.09. The van der Waals surface area contributed by atoms with Gasteiger partial charge < -0.3 is 25.3 Å². The average Bonchev–Trinajstić information content (AvgIpc) is 3.23. The van der Waals surface area contributed by atoms with Crippen LogP contribution in [0.3, 0.4) is 0 Å². The number of cyclic esters (lactones) is 1. The maximum atomic E-state index is 12.6. The Morgan fingerprint density at radius 3 is 2.96 bits per heavy atom. The number of thioether (sulfide) groups is 1. The smallest absolute Gasteiger partial charge is 0.354 e. The predicted octanol–water partition coefficient (Wildman–Crippen LogP) is -0.155. The Kier molecular flexibility index (Phi) is 5.65. The van der Waals surface area contributed by atoms with Gasteiger partial charge in [-0.05, 0) is 6.92 Å². The number of aliphatic carboxylic acids is 1. The van der Waals surface area contributed by atoms with Gasteiger partial charge in [-0.15, -0.1) is 23.1 Å². The molecule has 2 atom stereocenters. The highest BCUT2D eigenvalue weighted by Crippen LogP contribution is 2.28. The maximum Gasteiger partial charge on any atom is 0.354 e. The van der Waals surface area contributed by atoms with E-state index in [9.17, 15) is 19.5 Å². The van der Waals surface area contributed by atoms with Crippen molar-refractivity contribution in [3.8, 4) is 0 Å². The van der Waals surface area contributed by atoms with Crippen LogP contribution in [-0.4, -0.2) is 64.5 Å². The SMILES string of the molecule is CO/N=C(\C(=O)N[C@H](C(=O)O)C1NC2=C(COC2=O)CS1)c1csc(C)n1. The second-order valence-electron chi connectivity index (χ2n) is 5.59. The molecule has 1 aromatic heterocycles. The molecule has 2 aliphatic heterocycles. The van der Waals surface area contributed by atoms with Crippen LogP contribution in [0.1, 0.15) is 10.7 Å². The van der Waals surface area contributed by atoms with Gasteiger partial charge in [0.15, 0.2) is 11.8 Å². The van der Waals surface area contributed by atoms with Crippen LogP contribution in [0, 0.1) is 6.92 Å². The molecule has 10 nitrogen and oxygen atoms in total. The summed E-state index contributed by atoms with van der Waals surface area (Å²) < 4.78 is 4.93. The Morgan fingerprint density at radius 1 is 1.56 bits per heavy atom. The second kappa shape index (κ2) is 7.96. The number of nitrogens with zero attached hydrogens (tertiary/aromatic N) is 2. The number of hydrogen-bond donors (Lipinski definition) is 3. The van der Waals surface area contributed by atoms with Gasteiger partial charge in [-0.3, -0.25) is 4.79 Å². The van der Waals surface area contributed by atoms with Gasteiger partial charge in [0.05, 0.1) is 5.01 Å². The number of carboxylic acid groups (broad SMARTS) is 1. The van der Waals surface area contributed by atoms with Crippen LogP contribution in [0.25, 0.3) is 0 Å². The summed E-state index contributed by atoms with van der Waals surface area (Å²) >= 11 is 2.59. The summed E-state index contributed by atoms with van der Waals surface area (Å²) in [5.41, 5.74) is 1.19. The van der Waals surface area contributed by atoms with Gasteiger partial charge in [0, 0.05) is 16.7 Å². The lowest BCUT2D eigenvalue weighted by Gasteiger charge is -2.29. The molecule has 0 aliphatic carbocycles. The number of esters is 1. The first kappa shape index (κ1) is 19.2. The predicted molar refractivity (Wildman–Crippen MR) is 97.3 cm³/mol. The van der Waals surface area contributed by atoms with Gasteiger partial charge in [-0.1, -0.05) is 5.16 Å². The molecule has 144 valence electrons. The Labute approximate surface area is 162 Å². The Hall–Kier alpha value is -2.60. The van der Waals surface area contributed by atoms with Crippen molar-refractivity contribution in [3.63, 3.8) is 0 Å². The molecule has 0 radical (unpaired) electrons. The molecule has 12 heteroatoms. The van der Waals surface area contributed by atoms with Crippen molar-refractivity contribution in [2.75, 3.05) is 19.5 Å². The van der Waals surface area contributed by atoms with Crippen molar-refractivity contribution in [2.45, 2.75) is 18.3 Å². The topological polar surface area (TPSA) is 139 Å². The van der Waals surface area contributed by atoms with Gasteiger partial charge in [-0.25, -0.2) is 14.6 Å². The summed E-state index contributed by atoms with van der Waals surface area (Å²) in [5, 5.41) is 20.1. The minimum atomic E-state index is -1.31. The number of carboxylic acids is 1. The highest BCUT2D eigenvalue weighted by Gasteiger charge is 2.39. The lowest BCUT2D eigenvalue weighted by molar-refractivity contribution is -0.141. The molecule has 3 rings (SSSR count). The molecule has 0 saturated heterocycles. The molecule has 3 heterocycles. The largest absolute Gasteiger partial charge is 0.480 e. The first-order valence-electron chi connectivity index (χ1n) is 7.75. The van der Waals surface area contributed by atoms with Crippen molar-refractivity contribution in [2.24, 2.45) is 5.16 Å². The van der Waals surface area contributed by atoms with Crippen molar-refractivity contribution < 1.29 is 29.1 Å². The Morgan fingerprint density at radius 2 is 2.33 bits per heavy atom. The number of oxime groups is 1. The van der Waals surface area contributed by atoms with Gasteiger partial charge >= 0.3 is 11.9 Å². The monoisotopic (exact) mass is 412 g/mol. The third-order valence-electron chi connectivity index (χ3n) is 3.77. The number of rotatable bonds is 6. The lowest BCUT2D eigenvalue weighted by Crippen LogP contribution is -2.55. The van der Waals surface area contributed by atoms with Crippen LogP contribution >= 0.6 is 23.1 Å². The lowest BCUT2D eigenvalue weighted by atomic mass is 10.2. The van der Waals surface area contributed by atoms with E-state index in [2.05, 4.69) is 20.8 Å². The molecule has 1 unspecified atom stereocenters. The fourth-order valence-electron chi connectivity index (χ4n) is 2.51. The average molecular weight is 412 g/mol. The van der Waals surface area contributed by atoms with E-state index in [4.69, 9.17) is 9.57 Å². The summed E-state index contributed by atoms with van der Waals surface area (Å²) in [7, 11) is 1.28. The van der Waals surface area contributed by atoms with Crippen LogP contribution < -0.4 is 10.6 Å². The Bertz CT molecular complexity index is 849. The van der Waals surface area contributed by atoms with E-state index in [0.29, 0.717) is 5.75 Å². The zero-order valence-corrected chi connectivity index (χ0v) is 16.0. The molecule has 0 aromatic carbocycles. The third kappa shape index (κ3) is 4.06. The van der Waals surface area contributed by atoms with Crippen molar-refractivity contribution in [1.29, 1.82) is 0 Å². The molecule has 0 fully saturated rings. The van der Waals surface area contributed by atoms with E-state index in [0.717, 1.165) is 10.6 Å². The number of carbonyl (C=O) groups is 3. The summed E-state index contributed by atoms with van der Waals surface area (Å²) in [4.78, 5) is 45.0. The molecule has 2 aliphatic rings. The molecule has 1 aromatic rings. The van der Waals surface area contributed by atoms with Crippen molar-refractivity contribution in [3.05, 3.63) is 27.4 Å². The minimum absolute atomic E-state index is 0.130. The van der Waals surface area contributed by atoms with Crippen LogP contribution in [0.5, 0.6) is 0 Å². The van der Waals surface area contributed by atoms with Gasteiger partial charge in [0.25, 0.3) is 5.91 Å². The zero-order valence-electron chi connectivity index (χ0n) is 14.3. The van der Waals surface area contributed by atoms with E-state index < -0.39 is 29.3 Å². The van der Waals surface area contributed by atoms with Crippen LogP contribution in [0.15, 0.2) is 21.8 Å². The van der Waals surface area contributed by atoms with Crippen molar-refractivity contribution >= 4 is 46.7 Å². The number of carbonyl (C=O) groups excluding carboxylic acids is 2. The van der Waals surface area contributed by atoms with Crippen LogP contribution in [0.4, 0.5) is 0 Å². The van der Waals surface area contributed by atoms with E-state index >= 15 is 0 Å². The highest BCUT2D eigenvalue weighted by molar-refractivity contribution is 8.00. The van der Waals surface area contributed by atoms with E-state index in [1.165, 1.54) is 30.2 Å². The fraction of sp³-hybridized carbons (Fsp3) is 0.400. The summed E-state index contributed by atoms with van der Waals surface area (Å²) in [6, 6.07) is -1.31. The molecule has 0 bridgehead atoms. The normalized spacial score (nSPS) is 20.4. The van der Waals surface area contributed by atoms with Gasteiger partial charge in [-0.2, -0.15) is 0 Å². The van der Waals surface area contributed by atoms with Crippen LogP contribution in [0.2, 0.25) is 0 Å². The number of amides is 1. The number of hydrogen-bond acceptors (Lipinski definition) is 10.